The largest absolute Gasteiger partial charge is 0.373 e. The highest BCUT2D eigenvalue weighted by Crippen LogP contribution is 2.17. The Kier molecular flexibility index (Phi) is 4.00. The Hall–Kier alpha value is -1.37. The Bertz CT molecular complexity index is 454. The van der Waals surface area contributed by atoms with Gasteiger partial charge in [0.2, 0.25) is 0 Å². The number of morpholine rings is 1. The van der Waals surface area contributed by atoms with Crippen molar-refractivity contribution in [2.75, 3.05) is 13.1 Å². The third-order valence-electron chi connectivity index (χ3n) is 3.36. The maximum Gasteiger partial charge on any atom is 0.0991 e. The molecule has 0 aromatic heterocycles. The first kappa shape index (κ1) is 13.1. The van der Waals surface area contributed by atoms with Crippen molar-refractivity contribution in [1.82, 2.24) is 4.90 Å². The van der Waals surface area contributed by atoms with Crippen molar-refractivity contribution in [2.24, 2.45) is 0 Å². The Balaban J connectivity index is 2.07. The Morgan fingerprint density at radius 3 is 2.56 bits per heavy atom. The molecule has 1 aliphatic heterocycles. The molecule has 18 heavy (non-hydrogen) atoms. The molecule has 1 aliphatic rings. The average Bonchev–Trinajstić information content (AvgIpc) is 2.30. The van der Waals surface area contributed by atoms with Crippen LogP contribution in [0.3, 0.4) is 0 Å². The predicted molar refractivity (Wildman–Crippen MR) is 71.2 cm³/mol. The van der Waals surface area contributed by atoms with E-state index in [2.05, 4.69) is 37.8 Å². The topological polar surface area (TPSA) is 36.3 Å². The zero-order valence-electron chi connectivity index (χ0n) is 11.3. The third-order valence-corrected chi connectivity index (χ3v) is 3.36. The number of hydrogen-bond acceptors (Lipinski definition) is 3. The molecular weight excluding hydrogens is 224 g/mol. The zero-order valence-corrected chi connectivity index (χ0v) is 11.3. The summed E-state index contributed by atoms with van der Waals surface area (Å²) >= 11 is 0. The van der Waals surface area contributed by atoms with E-state index in [4.69, 9.17) is 10.00 Å². The summed E-state index contributed by atoms with van der Waals surface area (Å²) in [6.07, 6.45) is 0.597. The molecule has 1 aromatic carbocycles. The second kappa shape index (κ2) is 5.51. The van der Waals surface area contributed by atoms with E-state index >= 15 is 0 Å². The maximum atomic E-state index is 8.87. The van der Waals surface area contributed by atoms with E-state index in [-0.39, 0.29) is 0 Å². The molecular formula is C15H20N2O. The predicted octanol–water partition coefficient (Wildman–Crippen LogP) is 2.48. The molecule has 0 spiro atoms. The van der Waals surface area contributed by atoms with E-state index in [1.807, 2.05) is 12.1 Å². The van der Waals surface area contributed by atoms with Crippen LogP contribution in [0.4, 0.5) is 0 Å². The van der Waals surface area contributed by atoms with E-state index in [1.54, 1.807) is 0 Å². The highest BCUT2D eigenvalue weighted by atomic mass is 16.5. The molecule has 2 rings (SSSR count). The number of nitriles is 1. The molecule has 0 amide bonds. The van der Waals surface area contributed by atoms with Crippen molar-refractivity contribution in [3.63, 3.8) is 0 Å². The van der Waals surface area contributed by atoms with Gasteiger partial charge in [-0.05, 0) is 44.0 Å². The molecule has 1 saturated heterocycles. The number of benzene rings is 1. The number of nitrogens with zero attached hydrogens (tertiary/aromatic N) is 2. The van der Waals surface area contributed by atoms with Gasteiger partial charge < -0.3 is 4.74 Å². The second-order valence-corrected chi connectivity index (χ2v) is 5.20. The minimum atomic E-state index is 0.299. The van der Waals surface area contributed by atoms with E-state index in [1.165, 1.54) is 11.1 Å². The third kappa shape index (κ3) is 3.10. The lowest BCUT2D eigenvalue weighted by Gasteiger charge is -2.35. The first-order valence-electron chi connectivity index (χ1n) is 6.46. The average molecular weight is 244 g/mol. The fourth-order valence-electron chi connectivity index (χ4n) is 2.60. The summed E-state index contributed by atoms with van der Waals surface area (Å²) < 4.78 is 5.74. The van der Waals surface area contributed by atoms with Gasteiger partial charge in [0.15, 0.2) is 0 Å². The molecule has 1 aromatic rings. The van der Waals surface area contributed by atoms with Crippen LogP contribution >= 0.6 is 0 Å². The zero-order chi connectivity index (χ0) is 13.1. The van der Waals surface area contributed by atoms with Gasteiger partial charge in [-0.2, -0.15) is 5.26 Å². The van der Waals surface area contributed by atoms with Gasteiger partial charge in [-0.15, -0.1) is 0 Å². The molecule has 0 saturated carbocycles. The van der Waals surface area contributed by atoms with Gasteiger partial charge in [-0.25, -0.2) is 0 Å². The fourth-order valence-corrected chi connectivity index (χ4v) is 2.60. The number of aryl methyl sites for hydroxylation is 1. The van der Waals surface area contributed by atoms with Crippen molar-refractivity contribution < 1.29 is 4.74 Å². The van der Waals surface area contributed by atoms with Gasteiger partial charge in [0.25, 0.3) is 0 Å². The molecule has 96 valence electrons. The van der Waals surface area contributed by atoms with Crippen molar-refractivity contribution in [3.8, 4) is 6.07 Å². The molecule has 1 heterocycles. The summed E-state index contributed by atoms with van der Waals surface area (Å²) in [5, 5.41) is 8.87. The molecule has 3 heteroatoms. The number of ether oxygens (including phenoxy) is 1. The molecule has 1 fully saturated rings. The molecule has 2 unspecified atom stereocenters. The van der Waals surface area contributed by atoms with E-state index in [9.17, 15) is 0 Å². The van der Waals surface area contributed by atoms with Crippen LogP contribution in [-0.4, -0.2) is 30.2 Å². The first-order chi connectivity index (χ1) is 8.58. The normalized spacial score (nSPS) is 24.8. The van der Waals surface area contributed by atoms with Crippen molar-refractivity contribution >= 4 is 0 Å². The summed E-state index contributed by atoms with van der Waals surface area (Å²) in [6.45, 7) is 9.20. The fraction of sp³-hybridized carbons (Fsp3) is 0.533. The van der Waals surface area contributed by atoms with Gasteiger partial charge in [-0.3, -0.25) is 4.90 Å². The SMILES string of the molecule is Cc1cc(C#N)ccc1CN1CC(C)OC(C)C1. The lowest BCUT2D eigenvalue weighted by molar-refractivity contribution is -0.0705. The maximum absolute atomic E-state index is 8.87. The Morgan fingerprint density at radius 1 is 1.33 bits per heavy atom. The molecule has 0 bridgehead atoms. The van der Waals surface area contributed by atoms with Gasteiger partial charge in [0.05, 0.1) is 23.8 Å². The molecule has 3 nitrogen and oxygen atoms in total. The minimum absolute atomic E-state index is 0.299. The van der Waals surface area contributed by atoms with E-state index < -0.39 is 0 Å². The molecule has 0 N–H and O–H groups in total. The summed E-state index contributed by atoms with van der Waals surface area (Å²) in [7, 11) is 0. The highest BCUT2D eigenvalue weighted by molar-refractivity contribution is 5.37. The summed E-state index contributed by atoms with van der Waals surface area (Å²) in [4.78, 5) is 2.42. The van der Waals surface area contributed by atoms with Gasteiger partial charge in [-0.1, -0.05) is 6.07 Å². The van der Waals surface area contributed by atoms with Crippen LogP contribution in [0.5, 0.6) is 0 Å². The molecule has 0 radical (unpaired) electrons. The first-order valence-corrected chi connectivity index (χ1v) is 6.46. The number of rotatable bonds is 2. The summed E-state index contributed by atoms with van der Waals surface area (Å²) in [5.74, 6) is 0. The van der Waals surface area contributed by atoms with E-state index in [0.717, 1.165) is 25.2 Å². The lowest BCUT2D eigenvalue weighted by atomic mass is 10.0. The van der Waals surface area contributed by atoms with Gasteiger partial charge >= 0.3 is 0 Å². The Morgan fingerprint density at radius 2 is 2.00 bits per heavy atom. The smallest absolute Gasteiger partial charge is 0.0991 e. The van der Waals surface area contributed by atoms with Crippen molar-refractivity contribution in [3.05, 3.63) is 34.9 Å². The van der Waals surface area contributed by atoms with Crippen molar-refractivity contribution in [1.29, 1.82) is 5.26 Å². The standard InChI is InChI=1S/C15H20N2O/c1-11-6-14(7-16)4-5-15(11)10-17-8-12(2)18-13(3)9-17/h4-6,12-13H,8-10H2,1-3H3. The summed E-state index contributed by atoms with van der Waals surface area (Å²) in [6, 6.07) is 8.11. The van der Waals surface area contributed by atoms with Gasteiger partial charge in [0, 0.05) is 19.6 Å². The minimum Gasteiger partial charge on any atom is -0.373 e. The lowest BCUT2D eigenvalue weighted by Crippen LogP contribution is -2.44. The second-order valence-electron chi connectivity index (χ2n) is 5.20. The van der Waals surface area contributed by atoms with Crippen molar-refractivity contribution in [2.45, 2.75) is 39.5 Å². The van der Waals surface area contributed by atoms with Gasteiger partial charge in [0.1, 0.15) is 0 Å². The van der Waals surface area contributed by atoms with Crippen LogP contribution in [0.25, 0.3) is 0 Å². The highest BCUT2D eigenvalue weighted by Gasteiger charge is 2.22. The van der Waals surface area contributed by atoms with E-state index in [0.29, 0.717) is 12.2 Å². The Labute approximate surface area is 109 Å². The van der Waals surface area contributed by atoms with Crippen LogP contribution in [0, 0.1) is 18.3 Å². The number of hydrogen-bond donors (Lipinski definition) is 0. The van der Waals surface area contributed by atoms with Crippen LogP contribution in [0.2, 0.25) is 0 Å². The quantitative estimate of drug-likeness (QED) is 0.802. The molecule has 0 aliphatic carbocycles. The van der Waals surface area contributed by atoms with Crippen LogP contribution in [0.1, 0.15) is 30.5 Å². The van der Waals surface area contributed by atoms with Crippen LogP contribution < -0.4 is 0 Å². The van der Waals surface area contributed by atoms with Crippen LogP contribution in [0.15, 0.2) is 18.2 Å². The molecule has 2 atom stereocenters. The monoisotopic (exact) mass is 244 g/mol. The summed E-state index contributed by atoms with van der Waals surface area (Å²) in [5.41, 5.74) is 3.23. The van der Waals surface area contributed by atoms with Crippen LogP contribution in [-0.2, 0) is 11.3 Å².